The van der Waals surface area contributed by atoms with E-state index in [0.29, 0.717) is 31.7 Å². The Balaban J connectivity index is 2.03. The molecule has 25 heavy (non-hydrogen) atoms. The smallest absolute Gasteiger partial charge is 0.236 e. The Labute approximate surface area is 149 Å². The SMILES string of the molecule is CC(C)CNC[C@H](O)[C@H](Cc1ccccc1)NC(=O)C1(C(N)=O)CC1. The average Bonchev–Trinajstić information content (AvgIpc) is 3.36. The number of nitrogens with one attached hydrogen (secondary N) is 2. The van der Waals surface area contributed by atoms with Crippen molar-refractivity contribution in [2.45, 2.75) is 45.3 Å². The van der Waals surface area contributed by atoms with E-state index in [1.54, 1.807) is 0 Å². The highest BCUT2D eigenvalue weighted by Crippen LogP contribution is 2.45. The number of aliphatic hydroxyl groups is 1. The van der Waals surface area contributed by atoms with E-state index in [-0.39, 0.29) is 5.91 Å². The number of aliphatic hydroxyl groups excluding tert-OH is 1. The molecular weight excluding hydrogens is 318 g/mol. The van der Waals surface area contributed by atoms with Crippen LogP contribution in [0.1, 0.15) is 32.3 Å². The van der Waals surface area contributed by atoms with Gasteiger partial charge in [0, 0.05) is 6.54 Å². The molecule has 2 atom stereocenters. The zero-order valence-corrected chi connectivity index (χ0v) is 15.0. The Kier molecular flexibility index (Phi) is 6.56. The van der Waals surface area contributed by atoms with Crippen LogP contribution in [0.25, 0.3) is 0 Å². The number of benzene rings is 1. The Morgan fingerprint density at radius 1 is 1.20 bits per heavy atom. The van der Waals surface area contributed by atoms with Crippen LogP contribution in [0.3, 0.4) is 0 Å². The highest BCUT2D eigenvalue weighted by molar-refractivity contribution is 6.07. The van der Waals surface area contributed by atoms with E-state index in [1.165, 1.54) is 0 Å². The molecule has 1 aromatic carbocycles. The van der Waals surface area contributed by atoms with Crippen molar-refractivity contribution >= 4 is 11.8 Å². The van der Waals surface area contributed by atoms with E-state index in [1.807, 2.05) is 30.3 Å². The molecule has 1 saturated carbocycles. The largest absolute Gasteiger partial charge is 0.390 e. The normalized spacial score (nSPS) is 17.8. The summed E-state index contributed by atoms with van der Waals surface area (Å²) < 4.78 is 0. The van der Waals surface area contributed by atoms with Gasteiger partial charge >= 0.3 is 0 Å². The Morgan fingerprint density at radius 3 is 2.36 bits per heavy atom. The third kappa shape index (κ3) is 5.28. The summed E-state index contributed by atoms with van der Waals surface area (Å²) in [5.41, 5.74) is 5.31. The molecular formula is C19H29N3O3. The van der Waals surface area contributed by atoms with Gasteiger partial charge in [-0.25, -0.2) is 0 Å². The van der Waals surface area contributed by atoms with Gasteiger partial charge in [0.15, 0.2) is 0 Å². The predicted octanol–water partition coefficient (Wildman–Crippen LogP) is 0.586. The van der Waals surface area contributed by atoms with Crippen LogP contribution < -0.4 is 16.4 Å². The molecule has 2 rings (SSSR count). The molecule has 1 aliphatic rings. The number of carbonyl (C=O) groups excluding carboxylic acids is 2. The van der Waals surface area contributed by atoms with E-state index in [0.717, 1.165) is 12.1 Å². The summed E-state index contributed by atoms with van der Waals surface area (Å²) >= 11 is 0. The lowest BCUT2D eigenvalue weighted by Gasteiger charge is -2.26. The minimum atomic E-state index is -1.08. The van der Waals surface area contributed by atoms with Crippen molar-refractivity contribution < 1.29 is 14.7 Å². The van der Waals surface area contributed by atoms with E-state index < -0.39 is 23.5 Å². The van der Waals surface area contributed by atoms with Crippen LogP contribution in [0.5, 0.6) is 0 Å². The molecule has 5 N–H and O–H groups in total. The molecule has 0 radical (unpaired) electrons. The van der Waals surface area contributed by atoms with Gasteiger partial charge in [-0.05, 0) is 37.3 Å². The van der Waals surface area contributed by atoms with Crippen molar-refractivity contribution in [1.82, 2.24) is 10.6 Å². The fraction of sp³-hybridized carbons (Fsp3) is 0.579. The number of amides is 2. The zero-order valence-electron chi connectivity index (χ0n) is 15.0. The Morgan fingerprint density at radius 2 is 1.84 bits per heavy atom. The maximum atomic E-state index is 12.5. The minimum Gasteiger partial charge on any atom is -0.390 e. The number of rotatable bonds is 10. The van der Waals surface area contributed by atoms with E-state index in [2.05, 4.69) is 24.5 Å². The molecule has 0 spiro atoms. The second-order valence-electron chi connectivity index (χ2n) is 7.34. The molecule has 0 aromatic heterocycles. The summed E-state index contributed by atoms with van der Waals surface area (Å²) in [6, 6.07) is 9.19. The minimum absolute atomic E-state index is 0.371. The van der Waals surface area contributed by atoms with Crippen LogP contribution in [0.2, 0.25) is 0 Å². The van der Waals surface area contributed by atoms with Gasteiger partial charge in [-0.3, -0.25) is 9.59 Å². The van der Waals surface area contributed by atoms with Crippen LogP contribution >= 0.6 is 0 Å². The fourth-order valence-electron chi connectivity index (χ4n) is 2.83. The first-order valence-electron chi connectivity index (χ1n) is 8.89. The molecule has 6 heteroatoms. The summed E-state index contributed by atoms with van der Waals surface area (Å²) in [5.74, 6) is -0.487. The molecule has 6 nitrogen and oxygen atoms in total. The monoisotopic (exact) mass is 347 g/mol. The van der Waals surface area contributed by atoms with E-state index in [9.17, 15) is 14.7 Å². The van der Waals surface area contributed by atoms with Crippen LogP contribution in [-0.4, -0.2) is 42.2 Å². The summed E-state index contributed by atoms with van der Waals surface area (Å²) in [5, 5.41) is 16.6. The average molecular weight is 347 g/mol. The first kappa shape index (κ1) is 19.4. The van der Waals surface area contributed by atoms with Gasteiger partial charge < -0.3 is 21.5 Å². The molecule has 0 unspecified atom stereocenters. The van der Waals surface area contributed by atoms with Gasteiger partial charge in [0.25, 0.3) is 0 Å². The second-order valence-corrected chi connectivity index (χ2v) is 7.34. The summed E-state index contributed by atoms with van der Waals surface area (Å²) in [4.78, 5) is 24.1. The van der Waals surface area contributed by atoms with Gasteiger partial charge in [0.1, 0.15) is 5.41 Å². The number of carbonyl (C=O) groups is 2. The van der Waals surface area contributed by atoms with Crippen molar-refractivity contribution in [2.24, 2.45) is 17.1 Å². The molecule has 0 aliphatic heterocycles. The van der Waals surface area contributed by atoms with Crippen molar-refractivity contribution in [1.29, 1.82) is 0 Å². The predicted molar refractivity (Wildman–Crippen MR) is 96.7 cm³/mol. The standard InChI is InChI=1S/C19H29N3O3/c1-13(2)11-21-12-16(23)15(10-14-6-4-3-5-7-14)22-18(25)19(8-9-19)17(20)24/h3-7,13,15-16,21,23H,8-12H2,1-2H3,(H2,20,24)(H,22,25)/t15-,16-/m0/s1. The lowest BCUT2D eigenvalue weighted by Crippen LogP contribution is -2.52. The summed E-state index contributed by atoms with van der Waals surface area (Å²) in [6.07, 6.45) is 0.694. The molecule has 0 heterocycles. The van der Waals surface area contributed by atoms with E-state index >= 15 is 0 Å². The molecule has 0 saturated heterocycles. The maximum absolute atomic E-state index is 12.5. The lowest BCUT2D eigenvalue weighted by molar-refractivity contribution is -0.136. The van der Waals surface area contributed by atoms with Crippen LogP contribution in [0.15, 0.2) is 30.3 Å². The van der Waals surface area contributed by atoms with Gasteiger partial charge in [-0.15, -0.1) is 0 Å². The van der Waals surface area contributed by atoms with Crippen molar-refractivity contribution in [3.8, 4) is 0 Å². The number of nitrogens with two attached hydrogens (primary N) is 1. The molecule has 1 fully saturated rings. The zero-order chi connectivity index (χ0) is 18.4. The number of primary amides is 1. The number of hydrogen-bond acceptors (Lipinski definition) is 4. The summed E-state index contributed by atoms with van der Waals surface area (Å²) in [7, 11) is 0. The van der Waals surface area contributed by atoms with Crippen LogP contribution in [0, 0.1) is 11.3 Å². The molecule has 0 bridgehead atoms. The fourth-order valence-corrected chi connectivity index (χ4v) is 2.83. The highest BCUT2D eigenvalue weighted by Gasteiger charge is 2.55. The topological polar surface area (TPSA) is 104 Å². The third-order valence-corrected chi connectivity index (χ3v) is 4.64. The molecule has 1 aromatic rings. The Bertz CT molecular complexity index is 585. The van der Waals surface area contributed by atoms with Crippen LogP contribution in [-0.2, 0) is 16.0 Å². The Hall–Kier alpha value is -1.92. The molecule has 2 amide bonds. The van der Waals surface area contributed by atoms with Gasteiger partial charge in [0.05, 0.1) is 12.1 Å². The first-order chi connectivity index (χ1) is 11.8. The van der Waals surface area contributed by atoms with Gasteiger partial charge in [0.2, 0.25) is 11.8 Å². The van der Waals surface area contributed by atoms with Crippen molar-refractivity contribution in [3.63, 3.8) is 0 Å². The van der Waals surface area contributed by atoms with Crippen molar-refractivity contribution in [2.75, 3.05) is 13.1 Å². The quantitative estimate of drug-likeness (QED) is 0.465. The van der Waals surface area contributed by atoms with Crippen molar-refractivity contribution in [3.05, 3.63) is 35.9 Å². The lowest BCUT2D eigenvalue weighted by atomic mass is 9.98. The highest BCUT2D eigenvalue weighted by atomic mass is 16.3. The third-order valence-electron chi connectivity index (χ3n) is 4.64. The van der Waals surface area contributed by atoms with E-state index in [4.69, 9.17) is 5.73 Å². The first-order valence-corrected chi connectivity index (χ1v) is 8.89. The van der Waals surface area contributed by atoms with Gasteiger partial charge in [-0.1, -0.05) is 44.2 Å². The molecule has 138 valence electrons. The van der Waals surface area contributed by atoms with Crippen LogP contribution in [0.4, 0.5) is 0 Å². The number of hydrogen-bond donors (Lipinski definition) is 4. The summed E-state index contributed by atoms with van der Waals surface area (Å²) in [6.45, 7) is 5.34. The molecule has 1 aliphatic carbocycles. The second kappa shape index (κ2) is 8.45. The van der Waals surface area contributed by atoms with Gasteiger partial charge in [-0.2, -0.15) is 0 Å². The maximum Gasteiger partial charge on any atom is 0.236 e.